The molecule has 9 atom stereocenters. The van der Waals surface area contributed by atoms with Gasteiger partial charge in [-0.2, -0.15) is 13.2 Å². The van der Waals surface area contributed by atoms with Crippen molar-refractivity contribution >= 4 is 23.5 Å². The third-order valence-corrected chi connectivity index (χ3v) is 10.1. The van der Waals surface area contributed by atoms with Crippen molar-refractivity contribution in [3.63, 3.8) is 0 Å². The van der Waals surface area contributed by atoms with Crippen molar-refractivity contribution in [1.29, 1.82) is 0 Å². The lowest BCUT2D eigenvalue weighted by atomic mass is 9.45. The number of aliphatic hydroxyl groups excluding tert-OH is 2. The molecule has 0 aromatic carbocycles. The maximum absolute atomic E-state index is 13.3. The van der Waals surface area contributed by atoms with E-state index >= 15 is 0 Å². The second-order valence-corrected chi connectivity index (χ2v) is 12.7. The number of hydrogen-bond donors (Lipinski definition) is 5. The number of nitrogens with two attached hydrogens (primary N) is 1. The van der Waals surface area contributed by atoms with Crippen LogP contribution < -0.4 is 5.73 Å². The van der Waals surface area contributed by atoms with E-state index in [9.17, 15) is 42.9 Å². The summed E-state index contributed by atoms with van der Waals surface area (Å²) in [5.74, 6) is -4.70. The molecule has 4 aliphatic carbocycles. The van der Waals surface area contributed by atoms with Gasteiger partial charge in [0.15, 0.2) is 5.78 Å². The van der Waals surface area contributed by atoms with Crippen LogP contribution in [-0.4, -0.2) is 74.1 Å². The summed E-state index contributed by atoms with van der Waals surface area (Å²) in [4.78, 5) is 46.4. The number of carbonyl (C=O) groups excluding carboxylic acids is 3. The number of allylic oxidation sites excluding steroid dienone is 1. The van der Waals surface area contributed by atoms with E-state index in [1.807, 2.05) is 6.92 Å². The Labute approximate surface area is 236 Å². The normalized spacial score (nSPS) is 37.9. The Hall–Kier alpha value is -2.35. The van der Waals surface area contributed by atoms with Crippen LogP contribution in [0.4, 0.5) is 13.2 Å². The van der Waals surface area contributed by atoms with Crippen molar-refractivity contribution in [3.05, 3.63) is 11.6 Å². The van der Waals surface area contributed by atoms with Crippen molar-refractivity contribution in [2.45, 2.75) is 103 Å². The Morgan fingerprint density at radius 1 is 1.12 bits per heavy atom. The van der Waals surface area contributed by atoms with Crippen LogP contribution in [0.2, 0.25) is 0 Å². The number of aliphatic hydroxyl groups is 3. The van der Waals surface area contributed by atoms with Gasteiger partial charge in [-0.3, -0.25) is 14.4 Å². The first-order chi connectivity index (χ1) is 18.7. The van der Waals surface area contributed by atoms with Gasteiger partial charge in [-0.25, -0.2) is 4.79 Å². The highest BCUT2D eigenvalue weighted by Gasteiger charge is 2.69. The molecule has 0 heterocycles. The Morgan fingerprint density at radius 2 is 1.71 bits per heavy atom. The summed E-state index contributed by atoms with van der Waals surface area (Å²) >= 11 is 0. The van der Waals surface area contributed by atoms with Crippen LogP contribution in [0.1, 0.15) is 72.6 Å². The quantitative estimate of drug-likeness (QED) is 0.235. The molecule has 0 aliphatic heterocycles. The predicted octanol–water partition coefficient (Wildman–Crippen LogP) is 2.27. The molecule has 0 radical (unpaired) electrons. The largest absolute Gasteiger partial charge is 0.490 e. The van der Waals surface area contributed by atoms with Gasteiger partial charge >= 0.3 is 18.1 Å². The lowest BCUT2D eigenvalue weighted by Gasteiger charge is -2.60. The summed E-state index contributed by atoms with van der Waals surface area (Å²) in [6, 6.07) is -0.992. The number of carboxylic acid groups (broad SMARTS) is 1. The van der Waals surface area contributed by atoms with E-state index in [1.165, 1.54) is 0 Å². The van der Waals surface area contributed by atoms with Gasteiger partial charge in [-0.1, -0.05) is 33.3 Å². The maximum atomic E-state index is 13.3. The average molecular weight is 592 g/mol. The molecule has 10 nitrogen and oxygen atoms in total. The number of ketones is 2. The van der Waals surface area contributed by atoms with Crippen LogP contribution in [0.5, 0.6) is 0 Å². The standard InChI is InChI=1S/C26H39NO7.C2HF3O2/c1-13(2)20(27)22(31)34-23(32)21(30)26(33)10-8-17-16-6-5-14-11-15(28)7-9-24(14,3)19(16)18(29)12-25(17,26)4;3-2(4,5)1(6)7/h11,13,16-20,23,29,32-33H,5-10,12,27H2,1-4H3;(H,6,7)/t16-,17-,18-,19+,20-,23?,24-,25-,26-;/m0./s1. The summed E-state index contributed by atoms with van der Waals surface area (Å²) in [5, 5.41) is 40.7. The minimum Gasteiger partial charge on any atom is -0.475 e. The summed E-state index contributed by atoms with van der Waals surface area (Å²) in [7, 11) is 0. The van der Waals surface area contributed by atoms with E-state index < -0.39 is 53.4 Å². The molecular formula is C28H40F3NO9. The Kier molecular flexibility index (Phi) is 9.21. The molecule has 3 fully saturated rings. The molecule has 0 saturated heterocycles. The molecule has 0 bridgehead atoms. The molecule has 232 valence electrons. The van der Waals surface area contributed by atoms with Crippen molar-refractivity contribution in [2.24, 2.45) is 40.2 Å². The van der Waals surface area contributed by atoms with Crippen molar-refractivity contribution < 1.29 is 57.5 Å². The molecule has 13 heteroatoms. The number of esters is 1. The fourth-order valence-electron chi connectivity index (χ4n) is 7.82. The number of rotatable bonds is 5. The number of ether oxygens (including phenoxy) is 1. The van der Waals surface area contributed by atoms with Gasteiger partial charge in [0, 0.05) is 11.8 Å². The zero-order valence-electron chi connectivity index (χ0n) is 23.6. The number of fused-ring (bicyclic) bond motifs is 5. The minimum atomic E-state index is -5.08. The SMILES string of the molecule is CC(C)[C@H](N)C(=O)OC(O)C(=O)[C@@]1(O)CC[C@H]2[C@@H]3CCC4=CC(=O)CC[C@]4(C)[C@H]3[C@@H](O)C[C@@]21C.O=C(O)C(F)(F)F. The number of halogens is 3. The van der Waals surface area contributed by atoms with E-state index in [4.69, 9.17) is 20.4 Å². The number of Topliss-reactive ketones (excluding diaryl/α,β-unsaturated/α-hetero) is 1. The molecule has 0 aromatic heterocycles. The summed E-state index contributed by atoms with van der Waals surface area (Å²) in [5.41, 5.74) is 3.72. The molecular weight excluding hydrogens is 551 g/mol. The van der Waals surface area contributed by atoms with E-state index in [1.54, 1.807) is 19.9 Å². The topological polar surface area (TPSA) is 184 Å². The van der Waals surface area contributed by atoms with Crippen molar-refractivity contribution in [1.82, 2.24) is 0 Å². The molecule has 41 heavy (non-hydrogen) atoms. The smallest absolute Gasteiger partial charge is 0.475 e. The molecule has 0 amide bonds. The number of aliphatic carboxylic acids is 1. The highest BCUT2D eigenvalue weighted by molar-refractivity contribution is 5.93. The zero-order valence-corrected chi connectivity index (χ0v) is 23.6. The van der Waals surface area contributed by atoms with E-state index in [-0.39, 0.29) is 47.7 Å². The molecule has 0 aromatic rings. The fourth-order valence-corrected chi connectivity index (χ4v) is 7.82. The highest BCUT2D eigenvalue weighted by atomic mass is 19.4. The van der Waals surface area contributed by atoms with Crippen molar-refractivity contribution in [3.8, 4) is 0 Å². The van der Waals surface area contributed by atoms with Crippen LogP contribution in [0.15, 0.2) is 11.6 Å². The number of carbonyl (C=O) groups is 4. The Morgan fingerprint density at radius 3 is 2.24 bits per heavy atom. The molecule has 0 spiro atoms. The third kappa shape index (κ3) is 5.82. The monoisotopic (exact) mass is 591 g/mol. The average Bonchev–Trinajstić information content (AvgIpc) is 3.13. The first-order valence-corrected chi connectivity index (χ1v) is 13.8. The third-order valence-electron chi connectivity index (χ3n) is 10.1. The molecule has 1 unspecified atom stereocenters. The maximum Gasteiger partial charge on any atom is 0.490 e. The fraction of sp³-hybridized carbons (Fsp3) is 0.786. The van der Waals surface area contributed by atoms with Gasteiger partial charge in [-0.15, -0.1) is 0 Å². The molecule has 4 rings (SSSR count). The Bertz CT molecular complexity index is 1110. The van der Waals surface area contributed by atoms with Crippen LogP contribution in [0, 0.1) is 34.5 Å². The number of hydrogen-bond acceptors (Lipinski definition) is 9. The lowest BCUT2D eigenvalue weighted by Crippen LogP contribution is -2.63. The van der Waals surface area contributed by atoms with E-state index in [0.29, 0.717) is 19.3 Å². The van der Waals surface area contributed by atoms with Crippen molar-refractivity contribution in [2.75, 3.05) is 0 Å². The van der Waals surface area contributed by atoms with Gasteiger partial charge < -0.3 is 30.9 Å². The highest BCUT2D eigenvalue weighted by Crippen LogP contribution is 2.67. The van der Waals surface area contributed by atoms with Crippen LogP contribution in [0.3, 0.4) is 0 Å². The second kappa shape index (κ2) is 11.4. The first-order valence-electron chi connectivity index (χ1n) is 13.8. The first kappa shape index (κ1) is 33.2. The van der Waals surface area contributed by atoms with Crippen LogP contribution in [0.25, 0.3) is 0 Å². The summed E-state index contributed by atoms with van der Waals surface area (Å²) in [6.07, 6.45) is -2.58. The lowest BCUT2D eigenvalue weighted by molar-refractivity contribution is -0.205. The van der Waals surface area contributed by atoms with Crippen LogP contribution >= 0.6 is 0 Å². The zero-order chi connectivity index (χ0) is 31.3. The summed E-state index contributed by atoms with van der Waals surface area (Å²) in [6.45, 7) is 7.41. The molecule has 3 saturated carbocycles. The van der Waals surface area contributed by atoms with E-state index in [2.05, 4.69) is 6.92 Å². The van der Waals surface area contributed by atoms with Gasteiger partial charge in [0.2, 0.25) is 5.78 Å². The Balaban J connectivity index is 0.000000587. The van der Waals surface area contributed by atoms with Gasteiger partial charge in [0.1, 0.15) is 11.6 Å². The van der Waals surface area contributed by atoms with Gasteiger partial charge in [0.25, 0.3) is 6.29 Å². The number of carboxylic acids is 1. The van der Waals surface area contributed by atoms with E-state index in [0.717, 1.165) is 18.4 Å². The molecule has 4 aliphatic rings. The molecule has 6 N–H and O–H groups in total. The van der Waals surface area contributed by atoms with Gasteiger partial charge in [-0.05, 0) is 73.7 Å². The predicted molar refractivity (Wildman–Crippen MR) is 137 cm³/mol. The van der Waals surface area contributed by atoms with Crippen LogP contribution in [-0.2, 0) is 23.9 Å². The minimum absolute atomic E-state index is 0.0355. The van der Waals surface area contributed by atoms with Gasteiger partial charge in [0.05, 0.1) is 6.10 Å². The second-order valence-electron chi connectivity index (χ2n) is 12.7. The summed E-state index contributed by atoms with van der Waals surface area (Å²) < 4.78 is 36.7. The number of alkyl halides is 3.